The second-order valence-corrected chi connectivity index (χ2v) is 12.3. The number of anilines is 2. The molecule has 3 aromatic rings. The molecule has 14 heteroatoms. The molecule has 0 aliphatic carbocycles. The Morgan fingerprint density at radius 3 is 2.33 bits per heavy atom. The second kappa shape index (κ2) is 10.7. The van der Waals surface area contributed by atoms with Crippen molar-refractivity contribution in [1.82, 2.24) is 4.57 Å². The van der Waals surface area contributed by atoms with Crippen molar-refractivity contribution < 1.29 is 37.1 Å². The fourth-order valence-electron chi connectivity index (χ4n) is 5.15. The summed E-state index contributed by atoms with van der Waals surface area (Å²) in [6.07, 6.45) is -4.70. The van der Waals surface area contributed by atoms with Crippen LogP contribution in [0.1, 0.15) is 41.6 Å². The van der Waals surface area contributed by atoms with E-state index in [9.17, 15) is 37.1 Å². The van der Waals surface area contributed by atoms with Gasteiger partial charge in [0.1, 0.15) is 11.8 Å². The van der Waals surface area contributed by atoms with Crippen LogP contribution in [-0.2, 0) is 37.3 Å². The number of nitrogens with one attached hydrogen (secondary N) is 1. The lowest BCUT2D eigenvalue weighted by Crippen LogP contribution is -2.42. The highest BCUT2D eigenvalue weighted by molar-refractivity contribution is 8.00. The van der Waals surface area contributed by atoms with Gasteiger partial charge in [-0.1, -0.05) is 49.1 Å². The van der Waals surface area contributed by atoms with Crippen LogP contribution in [0.5, 0.6) is 0 Å². The van der Waals surface area contributed by atoms with Crippen LogP contribution in [0.15, 0.2) is 58.4 Å². The topological polar surface area (TPSA) is 115 Å². The van der Waals surface area contributed by atoms with E-state index in [4.69, 9.17) is 4.74 Å². The van der Waals surface area contributed by atoms with Gasteiger partial charge in [0, 0.05) is 10.3 Å². The molecule has 9 nitrogen and oxygen atoms in total. The van der Waals surface area contributed by atoms with Crippen LogP contribution in [0.2, 0.25) is 0 Å². The number of amides is 3. The van der Waals surface area contributed by atoms with Crippen molar-refractivity contribution in [2.75, 3.05) is 16.8 Å². The molecule has 42 heavy (non-hydrogen) atoms. The molecular formula is C28H24F3N3O6S2. The molecule has 1 fully saturated rings. The summed E-state index contributed by atoms with van der Waals surface area (Å²) in [5.74, 6) is -3.21. The van der Waals surface area contributed by atoms with Crippen LogP contribution >= 0.6 is 23.1 Å². The van der Waals surface area contributed by atoms with Crippen LogP contribution in [0, 0.1) is 5.92 Å². The Morgan fingerprint density at radius 1 is 1.02 bits per heavy atom. The minimum Gasteiger partial charge on any atom is -0.462 e. The van der Waals surface area contributed by atoms with Gasteiger partial charge in [0.05, 0.1) is 40.1 Å². The molecule has 1 saturated heterocycles. The maximum atomic E-state index is 13.6. The lowest BCUT2D eigenvalue weighted by Gasteiger charge is -2.36. The number of para-hydroxylation sites is 1. The number of imide groups is 1. The number of carbonyl (C=O) groups excluding carboxylic acids is 4. The predicted octanol–water partition coefficient (Wildman–Crippen LogP) is 4.69. The molecule has 0 bridgehead atoms. The number of thioether (sulfide) groups is 1. The van der Waals surface area contributed by atoms with Crippen LogP contribution in [0.3, 0.4) is 0 Å². The summed E-state index contributed by atoms with van der Waals surface area (Å²) >= 11 is 1.82. The number of esters is 1. The maximum absolute atomic E-state index is 13.6. The second-order valence-electron chi connectivity index (χ2n) is 10.2. The number of alkyl halides is 3. The fourth-order valence-corrected chi connectivity index (χ4v) is 8.19. The van der Waals surface area contributed by atoms with Crippen molar-refractivity contribution in [2.45, 2.75) is 49.2 Å². The molecule has 2 aliphatic heterocycles. The average molecular weight is 620 g/mol. The minimum atomic E-state index is -4.70. The fraction of sp³-hybridized carbons (Fsp3) is 0.321. The first-order valence-electron chi connectivity index (χ1n) is 12.8. The van der Waals surface area contributed by atoms with E-state index >= 15 is 0 Å². The van der Waals surface area contributed by atoms with E-state index in [1.165, 1.54) is 36.4 Å². The molecule has 1 N–H and O–H groups in total. The van der Waals surface area contributed by atoms with Crippen molar-refractivity contribution in [1.29, 1.82) is 0 Å². The summed E-state index contributed by atoms with van der Waals surface area (Å²) in [4.78, 5) is 66.1. The van der Waals surface area contributed by atoms with E-state index in [1.807, 2.05) is 0 Å². The zero-order valence-corrected chi connectivity index (χ0v) is 24.1. The predicted molar refractivity (Wildman–Crippen MR) is 150 cm³/mol. The monoisotopic (exact) mass is 619 g/mol. The summed E-state index contributed by atoms with van der Waals surface area (Å²) in [5.41, 5.74) is -1.92. The Bertz CT molecular complexity index is 1660. The number of rotatable bonds is 6. The number of thiazole rings is 1. The molecule has 3 amide bonds. The largest absolute Gasteiger partial charge is 0.462 e. The first kappa shape index (κ1) is 29.6. The van der Waals surface area contributed by atoms with Crippen molar-refractivity contribution in [3.63, 3.8) is 0 Å². The molecular weight excluding hydrogens is 595 g/mol. The summed E-state index contributed by atoms with van der Waals surface area (Å²) in [5, 5.41) is 1.63. The molecule has 5 rings (SSSR count). The highest BCUT2D eigenvalue weighted by Gasteiger charge is 2.59. The maximum Gasteiger partial charge on any atom is 0.418 e. The minimum absolute atomic E-state index is 0.192. The molecule has 220 valence electrons. The lowest BCUT2D eigenvalue weighted by atomic mass is 9.76. The zero-order chi connectivity index (χ0) is 30.6. The van der Waals surface area contributed by atoms with Gasteiger partial charge >= 0.3 is 17.0 Å². The molecule has 2 unspecified atom stereocenters. The smallest absolute Gasteiger partial charge is 0.418 e. The highest BCUT2D eigenvalue weighted by atomic mass is 32.2. The van der Waals surface area contributed by atoms with Gasteiger partial charge in [-0.25, -0.2) is 9.69 Å². The highest BCUT2D eigenvalue weighted by Crippen LogP contribution is 2.54. The van der Waals surface area contributed by atoms with Gasteiger partial charge < -0.3 is 10.1 Å². The van der Waals surface area contributed by atoms with E-state index in [0.717, 1.165) is 44.7 Å². The number of carbonyl (C=O) groups is 4. The number of ether oxygens (including phenoxy) is 1. The van der Waals surface area contributed by atoms with Gasteiger partial charge in [-0.3, -0.25) is 23.7 Å². The normalized spacial score (nSPS) is 19.3. The molecule has 0 spiro atoms. The first-order chi connectivity index (χ1) is 19.8. The number of hydrogen-bond acceptors (Lipinski definition) is 8. The SMILES string of the molecule is CCOC(=O)c1ccc(N2C(=O)C3Sc4c(sc(=O)n4CC(=O)Nc4ccccc4C(F)(F)F)C(C)(C)C3C2=O)cc1. The van der Waals surface area contributed by atoms with Crippen LogP contribution in [0.4, 0.5) is 24.5 Å². The molecule has 2 aromatic carbocycles. The van der Waals surface area contributed by atoms with E-state index in [1.54, 1.807) is 20.8 Å². The zero-order valence-electron chi connectivity index (χ0n) is 22.5. The molecule has 0 saturated carbocycles. The Balaban J connectivity index is 1.42. The number of hydrogen-bond donors (Lipinski definition) is 1. The van der Waals surface area contributed by atoms with Crippen molar-refractivity contribution in [2.24, 2.45) is 5.92 Å². The van der Waals surface area contributed by atoms with Crippen LogP contribution in [-0.4, -0.2) is 40.1 Å². The van der Waals surface area contributed by atoms with Gasteiger partial charge in [-0.2, -0.15) is 13.2 Å². The summed E-state index contributed by atoms with van der Waals surface area (Å²) in [7, 11) is 0. The number of aromatic nitrogens is 1. The number of benzene rings is 2. The molecule has 0 radical (unpaired) electrons. The quantitative estimate of drug-likeness (QED) is 0.315. The van der Waals surface area contributed by atoms with E-state index in [2.05, 4.69) is 5.32 Å². The van der Waals surface area contributed by atoms with Gasteiger partial charge in [-0.05, 0) is 43.3 Å². The Labute approximate surface area is 245 Å². The molecule has 3 heterocycles. The van der Waals surface area contributed by atoms with Gasteiger partial charge in [-0.15, -0.1) is 0 Å². The third-order valence-corrected chi connectivity index (χ3v) is 9.97. The van der Waals surface area contributed by atoms with Crippen LogP contribution < -0.4 is 15.1 Å². The van der Waals surface area contributed by atoms with Gasteiger partial charge in [0.25, 0.3) is 0 Å². The Hall–Kier alpha value is -3.91. The molecule has 2 atom stereocenters. The lowest BCUT2D eigenvalue weighted by molar-refractivity contribution is -0.137. The number of fused-ring (bicyclic) bond motifs is 2. The third-order valence-electron chi connectivity index (χ3n) is 7.15. The van der Waals surface area contributed by atoms with Gasteiger partial charge in [0.15, 0.2) is 0 Å². The standard InChI is InChI=1S/C28H24F3N3O6S2/c1-4-40-25(38)14-9-11-15(12-10-14)34-22(36)19-20(23(34)37)41-24-21(27(19,2)3)42-26(39)33(24)13-18(35)32-17-8-6-5-7-16(17)28(29,30)31/h5-12,19-20H,4,13H2,1-3H3,(H,32,35). The third kappa shape index (κ3) is 5.02. The molecule has 1 aromatic heterocycles. The Morgan fingerprint density at radius 2 is 1.69 bits per heavy atom. The van der Waals surface area contributed by atoms with Gasteiger partial charge in [0.2, 0.25) is 17.7 Å². The average Bonchev–Trinajstić information content (AvgIpc) is 3.37. The first-order valence-corrected chi connectivity index (χ1v) is 14.5. The molecule has 2 aliphatic rings. The summed E-state index contributed by atoms with van der Waals surface area (Å²) < 4.78 is 46.3. The van der Waals surface area contributed by atoms with Crippen molar-refractivity contribution in [3.05, 3.63) is 74.2 Å². The van der Waals surface area contributed by atoms with Crippen molar-refractivity contribution >= 4 is 58.2 Å². The van der Waals surface area contributed by atoms with Crippen molar-refractivity contribution in [3.8, 4) is 0 Å². The number of nitrogens with zero attached hydrogens (tertiary/aromatic N) is 2. The van der Waals surface area contributed by atoms with E-state index in [-0.39, 0.29) is 17.9 Å². The Kier molecular flexibility index (Phi) is 7.56. The number of halogens is 3. The van der Waals surface area contributed by atoms with E-state index < -0.39 is 69.1 Å². The summed E-state index contributed by atoms with van der Waals surface area (Å²) in [6.45, 7) is 4.76. The van der Waals surface area contributed by atoms with Crippen LogP contribution in [0.25, 0.3) is 0 Å². The summed E-state index contributed by atoms with van der Waals surface area (Å²) in [6, 6.07) is 10.4. The van der Waals surface area contributed by atoms with E-state index in [0.29, 0.717) is 9.90 Å².